The van der Waals surface area contributed by atoms with Crippen molar-refractivity contribution in [2.45, 2.75) is 6.54 Å². The van der Waals surface area contributed by atoms with Gasteiger partial charge < -0.3 is 19.5 Å². The lowest BCUT2D eigenvalue weighted by molar-refractivity contribution is -0.132. The molecule has 0 aliphatic carbocycles. The summed E-state index contributed by atoms with van der Waals surface area (Å²) in [6, 6.07) is 9.53. The first-order valence-electron chi connectivity index (χ1n) is 10.3. The molecule has 1 aliphatic heterocycles. The van der Waals surface area contributed by atoms with Gasteiger partial charge in [0, 0.05) is 56.5 Å². The van der Waals surface area contributed by atoms with Gasteiger partial charge in [-0.05, 0) is 24.3 Å². The fraction of sp³-hybridized carbons (Fsp3) is 0.273. The number of methoxy groups -OCH3 is 1. The number of hydrogen-bond acceptors (Lipinski definition) is 6. The average Bonchev–Trinajstić information content (AvgIpc) is 3.48. The average molecular weight is 452 g/mol. The highest BCUT2D eigenvalue weighted by molar-refractivity contribution is 6.32. The highest BCUT2D eigenvalue weighted by Crippen LogP contribution is 2.30. The van der Waals surface area contributed by atoms with Crippen molar-refractivity contribution in [2.24, 2.45) is 0 Å². The van der Waals surface area contributed by atoms with Crippen LogP contribution in [0.15, 0.2) is 48.9 Å². The van der Waals surface area contributed by atoms with E-state index in [4.69, 9.17) is 16.3 Å². The van der Waals surface area contributed by atoms with Gasteiger partial charge in [0.2, 0.25) is 5.91 Å². The fourth-order valence-corrected chi connectivity index (χ4v) is 4.17. The third-order valence-corrected chi connectivity index (χ3v) is 5.96. The van der Waals surface area contributed by atoms with Crippen molar-refractivity contribution < 1.29 is 9.53 Å². The normalized spacial score (nSPS) is 14.2. The number of fused-ring (bicyclic) bond motifs is 1. The Balaban J connectivity index is 1.29. The highest BCUT2D eigenvalue weighted by Gasteiger charge is 2.24. The molecule has 1 N–H and O–H groups in total. The monoisotopic (exact) mass is 451 g/mol. The molecule has 0 saturated carbocycles. The summed E-state index contributed by atoms with van der Waals surface area (Å²) in [4.78, 5) is 29.0. The molecule has 1 fully saturated rings. The Morgan fingerprint density at radius 2 is 2.00 bits per heavy atom. The summed E-state index contributed by atoms with van der Waals surface area (Å²) < 4.78 is 6.98. The number of imidazole rings is 1. The van der Waals surface area contributed by atoms with Crippen LogP contribution in [0.3, 0.4) is 0 Å². The molecule has 9 nitrogen and oxygen atoms in total. The van der Waals surface area contributed by atoms with Gasteiger partial charge in [0.1, 0.15) is 18.0 Å². The van der Waals surface area contributed by atoms with Crippen molar-refractivity contribution in [1.82, 2.24) is 29.6 Å². The zero-order chi connectivity index (χ0) is 22.1. The standard InChI is InChI=1S/C22H22ClN7O2/c1-32-18-13-15(4-5-17(18)23)28-9-11-29(12-10-28)19(31)14-30-22-16(3-2-6-26-22)20(27-30)21-24-7-8-25-21/h2-8,13H,9-12,14H2,1H3,(H,24,25). The number of aromatic nitrogens is 5. The minimum Gasteiger partial charge on any atom is -0.495 e. The number of ether oxygens (including phenoxy) is 1. The largest absolute Gasteiger partial charge is 0.495 e. The number of rotatable bonds is 5. The second-order valence-electron chi connectivity index (χ2n) is 7.51. The van der Waals surface area contributed by atoms with Gasteiger partial charge in [0.25, 0.3) is 0 Å². The first-order valence-corrected chi connectivity index (χ1v) is 10.7. The van der Waals surface area contributed by atoms with Gasteiger partial charge in [0.15, 0.2) is 11.5 Å². The maximum absolute atomic E-state index is 13.1. The van der Waals surface area contributed by atoms with E-state index in [0.29, 0.717) is 41.0 Å². The summed E-state index contributed by atoms with van der Waals surface area (Å²) in [6.07, 6.45) is 5.13. The molecule has 1 aliphatic rings. The summed E-state index contributed by atoms with van der Waals surface area (Å²) >= 11 is 6.14. The van der Waals surface area contributed by atoms with Gasteiger partial charge in [0.05, 0.1) is 17.5 Å². The maximum atomic E-state index is 13.1. The number of pyridine rings is 1. The van der Waals surface area contributed by atoms with Crippen LogP contribution in [0.1, 0.15) is 0 Å². The Morgan fingerprint density at radius 3 is 2.75 bits per heavy atom. The molecule has 0 unspecified atom stereocenters. The second kappa shape index (κ2) is 8.51. The third kappa shape index (κ3) is 3.75. The molecule has 0 bridgehead atoms. The number of amides is 1. The van der Waals surface area contributed by atoms with Crippen LogP contribution < -0.4 is 9.64 Å². The van der Waals surface area contributed by atoms with Crippen LogP contribution in [0.5, 0.6) is 5.75 Å². The number of nitrogens with one attached hydrogen (secondary N) is 1. The molecular formula is C22H22ClN7O2. The van der Waals surface area contributed by atoms with Crippen molar-refractivity contribution in [3.8, 4) is 17.3 Å². The van der Waals surface area contributed by atoms with Crippen LogP contribution in [0.2, 0.25) is 5.02 Å². The van der Waals surface area contributed by atoms with Gasteiger partial charge in [-0.15, -0.1) is 0 Å². The number of nitrogens with zero attached hydrogens (tertiary/aromatic N) is 6. The number of carbonyl (C=O) groups is 1. The van der Waals surface area contributed by atoms with E-state index in [1.807, 2.05) is 35.2 Å². The van der Waals surface area contributed by atoms with Crippen molar-refractivity contribution in [1.29, 1.82) is 0 Å². The van der Waals surface area contributed by atoms with E-state index in [9.17, 15) is 4.79 Å². The number of aromatic amines is 1. The minimum atomic E-state index is 0.0133. The van der Waals surface area contributed by atoms with Gasteiger partial charge in [-0.2, -0.15) is 5.10 Å². The highest BCUT2D eigenvalue weighted by atomic mass is 35.5. The number of hydrogen-bond donors (Lipinski definition) is 1. The molecule has 4 aromatic rings. The van der Waals surface area contributed by atoms with Crippen LogP contribution in [-0.2, 0) is 11.3 Å². The van der Waals surface area contributed by atoms with E-state index in [-0.39, 0.29) is 12.5 Å². The van der Waals surface area contributed by atoms with Crippen molar-refractivity contribution in [3.05, 3.63) is 53.9 Å². The lowest BCUT2D eigenvalue weighted by atomic mass is 10.2. The summed E-state index contributed by atoms with van der Waals surface area (Å²) in [6.45, 7) is 2.84. The van der Waals surface area contributed by atoms with Crippen LogP contribution in [0, 0.1) is 0 Å². The van der Waals surface area contributed by atoms with Crippen LogP contribution in [-0.4, -0.2) is 68.8 Å². The fourth-order valence-electron chi connectivity index (χ4n) is 3.98. The summed E-state index contributed by atoms with van der Waals surface area (Å²) in [7, 11) is 1.60. The third-order valence-electron chi connectivity index (χ3n) is 5.65. The predicted octanol–water partition coefficient (Wildman–Crippen LogP) is 2.83. The molecule has 3 aromatic heterocycles. The first-order chi connectivity index (χ1) is 15.6. The number of carbonyl (C=O) groups excluding carboxylic acids is 1. The lowest BCUT2D eigenvalue weighted by Gasteiger charge is -2.36. The molecule has 1 saturated heterocycles. The van der Waals surface area contributed by atoms with Gasteiger partial charge in [-0.1, -0.05) is 11.6 Å². The maximum Gasteiger partial charge on any atom is 0.244 e. The molecule has 0 spiro atoms. The minimum absolute atomic E-state index is 0.0133. The van der Waals surface area contributed by atoms with Crippen LogP contribution in [0.25, 0.3) is 22.6 Å². The number of anilines is 1. The smallest absolute Gasteiger partial charge is 0.244 e. The molecule has 164 valence electrons. The SMILES string of the molecule is COc1cc(N2CCN(C(=O)Cn3nc(-c4ncc[nH]4)c4cccnc43)CC2)ccc1Cl. The van der Waals surface area contributed by atoms with Gasteiger partial charge in [-0.25, -0.2) is 14.6 Å². The van der Waals surface area contributed by atoms with Crippen LogP contribution >= 0.6 is 11.6 Å². The van der Waals surface area contributed by atoms with E-state index in [2.05, 4.69) is 25.0 Å². The molecule has 32 heavy (non-hydrogen) atoms. The zero-order valence-electron chi connectivity index (χ0n) is 17.5. The molecule has 4 heterocycles. The molecule has 1 aromatic carbocycles. The van der Waals surface area contributed by atoms with E-state index in [0.717, 1.165) is 24.2 Å². The molecule has 5 rings (SSSR count). The molecule has 0 radical (unpaired) electrons. The van der Waals surface area contributed by atoms with Crippen LogP contribution in [0.4, 0.5) is 5.69 Å². The van der Waals surface area contributed by atoms with E-state index >= 15 is 0 Å². The van der Waals surface area contributed by atoms with Crippen molar-refractivity contribution >= 4 is 34.2 Å². The van der Waals surface area contributed by atoms with E-state index < -0.39 is 0 Å². The molecule has 10 heteroatoms. The molecule has 1 amide bonds. The second-order valence-corrected chi connectivity index (χ2v) is 7.91. The number of H-pyrrole nitrogens is 1. The van der Waals surface area contributed by atoms with Gasteiger partial charge in [-0.3, -0.25) is 4.79 Å². The Hall–Kier alpha value is -3.59. The topological polar surface area (TPSA) is 92.2 Å². The first kappa shape index (κ1) is 20.3. The van der Waals surface area contributed by atoms with Crippen molar-refractivity contribution in [3.63, 3.8) is 0 Å². The molecule has 0 atom stereocenters. The quantitative estimate of drug-likeness (QED) is 0.501. The van der Waals surface area contributed by atoms with Gasteiger partial charge >= 0.3 is 0 Å². The Morgan fingerprint density at radius 1 is 1.16 bits per heavy atom. The lowest BCUT2D eigenvalue weighted by Crippen LogP contribution is -2.49. The van der Waals surface area contributed by atoms with Crippen molar-refractivity contribution in [2.75, 3.05) is 38.2 Å². The summed E-state index contributed by atoms with van der Waals surface area (Å²) in [5.41, 5.74) is 2.38. The number of benzene rings is 1. The Labute approximate surface area is 189 Å². The summed E-state index contributed by atoms with van der Waals surface area (Å²) in [5, 5.41) is 6.07. The zero-order valence-corrected chi connectivity index (χ0v) is 18.3. The predicted molar refractivity (Wildman–Crippen MR) is 122 cm³/mol. The summed E-state index contributed by atoms with van der Waals surface area (Å²) in [5.74, 6) is 1.31. The molecular weight excluding hydrogens is 430 g/mol. The van der Waals surface area contributed by atoms with E-state index in [1.165, 1.54) is 0 Å². The number of piperazine rings is 1. The Bertz CT molecular complexity index is 1250. The number of halogens is 1. The van der Waals surface area contributed by atoms with E-state index in [1.54, 1.807) is 30.4 Å². The Kier molecular flexibility index (Phi) is 5.40.